The third-order valence-electron chi connectivity index (χ3n) is 5.75. The van der Waals surface area contributed by atoms with Crippen LogP contribution in [0.4, 0.5) is 5.69 Å². The molecule has 30 heavy (non-hydrogen) atoms. The maximum absolute atomic E-state index is 12.3. The van der Waals surface area contributed by atoms with Crippen molar-refractivity contribution in [2.24, 2.45) is 10.9 Å². The van der Waals surface area contributed by atoms with Gasteiger partial charge in [-0.15, -0.1) is 0 Å². The van der Waals surface area contributed by atoms with Gasteiger partial charge in [0, 0.05) is 52.4 Å². The Bertz CT molecular complexity index is 753. The lowest BCUT2D eigenvalue weighted by Gasteiger charge is -2.34. The molecule has 1 atom stereocenters. The Morgan fingerprint density at radius 1 is 1.23 bits per heavy atom. The Labute approximate surface area is 178 Å². The summed E-state index contributed by atoms with van der Waals surface area (Å²) in [5.74, 6) is 1.33. The van der Waals surface area contributed by atoms with Gasteiger partial charge in [-0.25, -0.2) is 0 Å². The lowest BCUT2D eigenvalue weighted by atomic mass is 9.93. The number of hydrogen-bond acceptors (Lipinski definition) is 4. The van der Waals surface area contributed by atoms with Gasteiger partial charge in [-0.2, -0.15) is 0 Å². The number of carbonyl (C=O) groups excluding carboxylic acids is 2. The fraction of sp³-hybridized carbons (Fsp3) is 0.591. The number of anilines is 1. The minimum atomic E-state index is -0.336. The lowest BCUT2D eigenvalue weighted by Crippen LogP contribution is -2.45. The number of carbonyl (C=O) groups is 2. The number of likely N-dealkylation sites (tertiary alicyclic amines) is 1. The van der Waals surface area contributed by atoms with Crippen molar-refractivity contribution < 1.29 is 14.3 Å². The summed E-state index contributed by atoms with van der Waals surface area (Å²) in [6, 6.07) is 7.83. The SMILES string of the molecule is CN=C(NCc1cccc(NC(=O)C2CCCO2)c1)N1CCC(CC(=O)NC)CC1. The van der Waals surface area contributed by atoms with Gasteiger partial charge in [-0.3, -0.25) is 14.6 Å². The van der Waals surface area contributed by atoms with Crippen molar-refractivity contribution in [2.45, 2.75) is 44.8 Å². The fourth-order valence-corrected chi connectivity index (χ4v) is 3.99. The second kappa shape index (κ2) is 11.0. The van der Waals surface area contributed by atoms with Crippen LogP contribution >= 0.6 is 0 Å². The van der Waals surface area contributed by atoms with Crippen LogP contribution in [0.2, 0.25) is 0 Å². The summed E-state index contributed by atoms with van der Waals surface area (Å²) in [5.41, 5.74) is 1.84. The van der Waals surface area contributed by atoms with E-state index in [0.29, 0.717) is 25.5 Å². The maximum atomic E-state index is 12.3. The standard InChI is InChI=1S/C22H33N5O3/c1-23-20(28)14-16-8-10-27(11-9-16)22(24-2)25-15-17-5-3-6-18(13-17)26-21(29)19-7-4-12-30-19/h3,5-6,13,16,19H,4,7-12,14-15H2,1-2H3,(H,23,28)(H,24,25)(H,26,29). The van der Waals surface area contributed by atoms with Crippen LogP contribution in [0.1, 0.15) is 37.7 Å². The number of guanidine groups is 1. The van der Waals surface area contributed by atoms with Crippen molar-refractivity contribution in [3.63, 3.8) is 0 Å². The summed E-state index contributed by atoms with van der Waals surface area (Å²) < 4.78 is 5.45. The molecular formula is C22H33N5O3. The highest BCUT2D eigenvalue weighted by molar-refractivity contribution is 5.94. The van der Waals surface area contributed by atoms with Crippen molar-refractivity contribution in [1.82, 2.24) is 15.5 Å². The summed E-state index contributed by atoms with van der Waals surface area (Å²) in [6.07, 6.45) is 3.95. The predicted molar refractivity (Wildman–Crippen MR) is 117 cm³/mol. The molecule has 2 fully saturated rings. The largest absolute Gasteiger partial charge is 0.368 e. The van der Waals surface area contributed by atoms with Gasteiger partial charge < -0.3 is 25.6 Å². The fourth-order valence-electron chi connectivity index (χ4n) is 3.99. The first-order valence-electron chi connectivity index (χ1n) is 10.8. The molecule has 1 unspecified atom stereocenters. The number of ether oxygens (including phenoxy) is 1. The van der Waals surface area contributed by atoms with Crippen molar-refractivity contribution in [2.75, 3.05) is 39.1 Å². The predicted octanol–water partition coefficient (Wildman–Crippen LogP) is 1.73. The lowest BCUT2D eigenvalue weighted by molar-refractivity contribution is -0.124. The molecule has 2 amide bonds. The minimum Gasteiger partial charge on any atom is -0.368 e. The number of aliphatic imine (C=N–C) groups is 1. The van der Waals surface area contributed by atoms with Crippen molar-refractivity contribution in [1.29, 1.82) is 0 Å². The summed E-state index contributed by atoms with van der Waals surface area (Å²) >= 11 is 0. The molecule has 2 aliphatic heterocycles. The number of amides is 2. The van der Waals surface area contributed by atoms with Crippen molar-refractivity contribution >= 4 is 23.5 Å². The normalized spacial score (nSPS) is 20.1. The zero-order valence-electron chi connectivity index (χ0n) is 17.9. The molecule has 8 nitrogen and oxygen atoms in total. The number of rotatable bonds is 6. The summed E-state index contributed by atoms with van der Waals surface area (Å²) in [7, 11) is 3.48. The maximum Gasteiger partial charge on any atom is 0.253 e. The molecule has 2 aliphatic rings. The number of hydrogen-bond donors (Lipinski definition) is 3. The third kappa shape index (κ3) is 6.19. The Hall–Kier alpha value is -2.61. The molecule has 3 rings (SSSR count). The van der Waals surface area contributed by atoms with Gasteiger partial charge in [0.15, 0.2) is 5.96 Å². The molecule has 8 heteroatoms. The molecule has 0 bridgehead atoms. The van der Waals surface area contributed by atoms with E-state index in [1.807, 2.05) is 24.3 Å². The third-order valence-corrected chi connectivity index (χ3v) is 5.75. The van der Waals surface area contributed by atoms with Crippen molar-refractivity contribution in [3.05, 3.63) is 29.8 Å². The first-order chi connectivity index (χ1) is 14.6. The Balaban J connectivity index is 1.48. The molecule has 2 heterocycles. The molecule has 1 aromatic carbocycles. The van der Waals surface area contributed by atoms with E-state index < -0.39 is 0 Å². The molecule has 0 saturated carbocycles. The van der Waals surface area contributed by atoms with Gasteiger partial charge in [0.05, 0.1) is 0 Å². The molecule has 2 saturated heterocycles. The van der Waals surface area contributed by atoms with E-state index >= 15 is 0 Å². The van der Waals surface area contributed by atoms with Gasteiger partial charge in [0.2, 0.25) is 5.91 Å². The summed E-state index contributed by atoms with van der Waals surface area (Å²) in [4.78, 5) is 30.5. The molecule has 0 aromatic heterocycles. The molecule has 164 valence electrons. The van der Waals surface area contributed by atoms with Crippen LogP contribution < -0.4 is 16.0 Å². The topological polar surface area (TPSA) is 95.1 Å². The highest BCUT2D eigenvalue weighted by Crippen LogP contribution is 2.21. The van der Waals surface area contributed by atoms with E-state index in [2.05, 4.69) is 25.8 Å². The molecule has 0 spiro atoms. The van der Waals surface area contributed by atoms with Gasteiger partial charge >= 0.3 is 0 Å². The van der Waals surface area contributed by atoms with Crippen LogP contribution in [0.3, 0.4) is 0 Å². The second-order valence-corrected chi connectivity index (χ2v) is 7.90. The molecule has 0 radical (unpaired) electrons. The van der Waals surface area contributed by atoms with Crippen LogP contribution in [-0.2, 0) is 20.9 Å². The summed E-state index contributed by atoms with van der Waals surface area (Å²) in [5, 5.41) is 9.07. The van der Waals surface area contributed by atoms with Crippen LogP contribution in [0.15, 0.2) is 29.3 Å². The first kappa shape index (κ1) is 22.1. The smallest absolute Gasteiger partial charge is 0.253 e. The van der Waals surface area contributed by atoms with Gasteiger partial charge in [-0.1, -0.05) is 12.1 Å². The van der Waals surface area contributed by atoms with E-state index in [-0.39, 0.29) is 17.9 Å². The van der Waals surface area contributed by atoms with E-state index in [1.165, 1.54) is 0 Å². The van der Waals surface area contributed by atoms with E-state index in [0.717, 1.165) is 56.0 Å². The van der Waals surface area contributed by atoms with Crippen LogP contribution in [-0.4, -0.2) is 62.6 Å². The van der Waals surface area contributed by atoms with E-state index in [1.54, 1.807) is 14.1 Å². The molecule has 3 N–H and O–H groups in total. The zero-order valence-corrected chi connectivity index (χ0v) is 17.9. The monoisotopic (exact) mass is 415 g/mol. The van der Waals surface area contributed by atoms with E-state index in [9.17, 15) is 9.59 Å². The average Bonchev–Trinajstić information content (AvgIpc) is 3.30. The van der Waals surface area contributed by atoms with Gasteiger partial charge in [-0.05, 0) is 49.3 Å². The number of benzene rings is 1. The Morgan fingerprint density at radius 3 is 2.70 bits per heavy atom. The molecular weight excluding hydrogens is 382 g/mol. The number of nitrogens with zero attached hydrogens (tertiary/aromatic N) is 2. The minimum absolute atomic E-state index is 0.0759. The van der Waals surface area contributed by atoms with Crippen LogP contribution in [0.5, 0.6) is 0 Å². The Morgan fingerprint density at radius 2 is 2.03 bits per heavy atom. The quantitative estimate of drug-likeness (QED) is 0.486. The highest BCUT2D eigenvalue weighted by Gasteiger charge is 2.24. The highest BCUT2D eigenvalue weighted by atomic mass is 16.5. The number of piperidine rings is 1. The molecule has 0 aliphatic carbocycles. The number of nitrogens with one attached hydrogen (secondary N) is 3. The van der Waals surface area contributed by atoms with Crippen LogP contribution in [0.25, 0.3) is 0 Å². The van der Waals surface area contributed by atoms with Gasteiger partial charge in [0.1, 0.15) is 6.10 Å². The zero-order chi connectivity index (χ0) is 21.3. The van der Waals surface area contributed by atoms with Crippen LogP contribution in [0, 0.1) is 5.92 Å². The van der Waals surface area contributed by atoms with Crippen molar-refractivity contribution in [3.8, 4) is 0 Å². The van der Waals surface area contributed by atoms with Gasteiger partial charge in [0.25, 0.3) is 5.91 Å². The summed E-state index contributed by atoms with van der Waals surface area (Å²) in [6.45, 7) is 3.05. The average molecular weight is 416 g/mol. The second-order valence-electron chi connectivity index (χ2n) is 7.90. The molecule has 1 aromatic rings. The first-order valence-corrected chi connectivity index (χ1v) is 10.8. The Kier molecular flexibility index (Phi) is 8.07. The van der Waals surface area contributed by atoms with E-state index in [4.69, 9.17) is 4.74 Å².